The van der Waals surface area contributed by atoms with Crippen molar-refractivity contribution in [3.8, 4) is 0 Å². The third-order valence-electron chi connectivity index (χ3n) is 2.71. The van der Waals surface area contributed by atoms with Crippen LogP contribution in [0, 0.1) is 3.57 Å². The van der Waals surface area contributed by atoms with E-state index in [2.05, 4.69) is 32.6 Å². The number of H-pyrrole nitrogens is 1. The number of halogens is 1. The van der Waals surface area contributed by atoms with Gasteiger partial charge >= 0.3 is 0 Å². The highest BCUT2D eigenvalue weighted by atomic mass is 127. The molecule has 4 heteroatoms. The summed E-state index contributed by atoms with van der Waals surface area (Å²) in [6, 6.07) is 3.86. The van der Waals surface area contributed by atoms with Gasteiger partial charge in [0.05, 0.1) is 14.5 Å². The Balaban J connectivity index is 2.33. The molecular weight excluding hydrogens is 303 g/mol. The lowest BCUT2D eigenvalue weighted by atomic mass is 10.2. The minimum Gasteiger partial charge on any atom is -0.327 e. The summed E-state index contributed by atoms with van der Waals surface area (Å²) in [6.07, 6.45) is 4.19. The highest BCUT2D eigenvalue weighted by molar-refractivity contribution is 14.1. The smallest absolute Gasteiger partial charge is 0.257 e. The summed E-state index contributed by atoms with van der Waals surface area (Å²) < 4.78 is 1.00. The Morgan fingerprint density at radius 3 is 2.93 bits per heavy atom. The SMILES string of the molecule is O=c1[nH]cc(I)c2nc(C3CC3)ccc12. The molecule has 0 atom stereocenters. The standard InChI is InChI=1S/C11H9IN2O/c12-8-5-13-11(15)7-3-4-9(6-1-2-6)14-10(7)8/h3-6H,1-2H2,(H,13,15). The second-order valence-electron chi connectivity index (χ2n) is 3.87. The van der Waals surface area contributed by atoms with E-state index < -0.39 is 0 Å². The number of aromatic nitrogens is 2. The Labute approximate surface area is 100 Å². The number of pyridine rings is 2. The highest BCUT2D eigenvalue weighted by Crippen LogP contribution is 2.39. The summed E-state index contributed by atoms with van der Waals surface area (Å²) in [5.41, 5.74) is 1.91. The first-order valence-corrected chi connectivity index (χ1v) is 6.01. The molecular formula is C11H9IN2O. The first-order valence-electron chi connectivity index (χ1n) is 4.93. The Bertz CT molecular complexity index is 587. The molecule has 3 nitrogen and oxygen atoms in total. The van der Waals surface area contributed by atoms with E-state index in [9.17, 15) is 4.79 Å². The van der Waals surface area contributed by atoms with Crippen LogP contribution in [0.2, 0.25) is 0 Å². The van der Waals surface area contributed by atoms with E-state index >= 15 is 0 Å². The van der Waals surface area contributed by atoms with Crippen molar-refractivity contribution < 1.29 is 0 Å². The van der Waals surface area contributed by atoms with Gasteiger partial charge in [0.25, 0.3) is 5.56 Å². The quantitative estimate of drug-likeness (QED) is 0.822. The van der Waals surface area contributed by atoms with E-state index in [1.54, 1.807) is 6.20 Å². The number of aromatic amines is 1. The predicted molar refractivity (Wildman–Crippen MR) is 67.1 cm³/mol. The molecule has 1 saturated carbocycles. The molecule has 1 N–H and O–H groups in total. The molecule has 1 aliphatic rings. The van der Waals surface area contributed by atoms with Gasteiger partial charge < -0.3 is 4.98 Å². The van der Waals surface area contributed by atoms with E-state index in [1.807, 2.05) is 12.1 Å². The van der Waals surface area contributed by atoms with Gasteiger partial charge in [-0.25, -0.2) is 0 Å². The Hall–Kier alpha value is -0.910. The molecule has 2 aromatic rings. The van der Waals surface area contributed by atoms with Crippen molar-refractivity contribution in [1.29, 1.82) is 0 Å². The first-order chi connectivity index (χ1) is 7.25. The van der Waals surface area contributed by atoms with Crippen LogP contribution < -0.4 is 5.56 Å². The monoisotopic (exact) mass is 312 g/mol. The molecule has 0 bridgehead atoms. The molecule has 0 spiro atoms. The van der Waals surface area contributed by atoms with Crippen LogP contribution in [0.3, 0.4) is 0 Å². The third-order valence-corrected chi connectivity index (χ3v) is 3.54. The Morgan fingerprint density at radius 2 is 2.20 bits per heavy atom. The van der Waals surface area contributed by atoms with Crippen LogP contribution in [-0.4, -0.2) is 9.97 Å². The Kier molecular flexibility index (Phi) is 2.05. The van der Waals surface area contributed by atoms with Crippen molar-refractivity contribution in [2.75, 3.05) is 0 Å². The fraction of sp³-hybridized carbons (Fsp3) is 0.273. The van der Waals surface area contributed by atoms with Crippen LogP contribution >= 0.6 is 22.6 Å². The normalized spacial score (nSPS) is 15.8. The van der Waals surface area contributed by atoms with E-state index in [0.29, 0.717) is 11.3 Å². The van der Waals surface area contributed by atoms with Gasteiger partial charge in [0.1, 0.15) is 0 Å². The maximum absolute atomic E-state index is 11.5. The summed E-state index contributed by atoms with van der Waals surface area (Å²) in [4.78, 5) is 18.8. The van der Waals surface area contributed by atoms with Gasteiger partial charge in [-0.2, -0.15) is 0 Å². The van der Waals surface area contributed by atoms with Crippen molar-refractivity contribution in [3.05, 3.63) is 37.9 Å². The minimum atomic E-state index is -0.0553. The van der Waals surface area contributed by atoms with Gasteiger partial charge in [0.2, 0.25) is 0 Å². The van der Waals surface area contributed by atoms with E-state index in [1.165, 1.54) is 12.8 Å². The van der Waals surface area contributed by atoms with Gasteiger partial charge in [-0.3, -0.25) is 9.78 Å². The first kappa shape index (κ1) is 9.33. The maximum atomic E-state index is 11.5. The van der Waals surface area contributed by atoms with Gasteiger partial charge in [-0.1, -0.05) is 0 Å². The molecule has 0 amide bonds. The molecule has 0 aliphatic heterocycles. The summed E-state index contributed by atoms with van der Waals surface area (Å²) in [5.74, 6) is 0.629. The average Bonchev–Trinajstić information content (AvgIpc) is 3.07. The van der Waals surface area contributed by atoms with Crippen LogP contribution in [-0.2, 0) is 0 Å². The van der Waals surface area contributed by atoms with Crippen molar-refractivity contribution in [2.45, 2.75) is 18.8 Å². The van der Waals surface area contributed by atoms with Crippen LogP contribution in [0.25, 0.3) is 10.9 Å². The molecule has 2 heterocycles. The third kappa shape index (κ3) is 1.56. The molecule has 2 aromatic heterocycles. The van der Waals surface area contributed by atoms with E-state index in [-0.39, 0.29) is 5.56 Å². The molecule has 0 saturated heterocycles. The lowest BCUT2D eigenvalue weighted by Crippen LogP contribution is -2.07. The summed E-state index contributed by atoms with van der Waals surface area (Å²) in [6.45, 7) is 0. The number of nitrogens with one attached hydrogen (secondary N) is 1. The average molecular weight is 312 g/mol. The molecule has 0 aromatic carbocycles. The molecule has 1 aliphatic carbocycles. The van der Waals surface area contributed by atoms with Gasteiger partial charge in [-0.15, -0.1) is 0 Å². The van der Waals surface area contributed by atoms with E-state index in [0.717, 1.165) is 14.8 Å². The second kappa shape index (κ2) is 3.30. The van der Waals surface area contributed by atoms with Crippen molar-refractivity contribution >= 4 is 33.5 Å². The second-order valence-corrected chi connectivity index (χ2v) is 5.03. The fourth-order valence-electron chi connectivity index (χ4n) is 1.72. The van der Waals surface area contributed by atoms with Crippen LogP contribution in [0.15, 0.2) is 23.1 Å². The van der Waals surface area contributed by atoms with Crippen LogP contribution in [0.1, 0.15) is 24.5 Å². The lowest BCUT2D eigenvalue weighted by Gasteiger charge is -2.02. The number of nitrogens with zero attached hydrogens (tertiary/aromatic N) is 1. The molecule has 3 rings (SSSR count). The van der Waals surface area contributed by atoms with Crippen LogP contribution in [0.4, 0.5) is 0 Å². The molecule has 0 unspecified atom stereocenters. The van der Waals surface area contributed by atoms with Crippen LogP contribution in [0.5, 0.6) is 0 Å². The van der Waals surface area contributed by atoms with Crippen molar-refractivity contribution in [2.24, 2.45) is 0 Å². The zero-order chi connectivity index (χ0) is 10.4. The molecule has 76 valence electrons. The number of hydrogen-bond acceptors (Lipinski definition) is 2. The minimum absolute atomic E-state index is 0.0553. The molecule has 1 fully saturated rings. The number of hydrogen-bond donors (Lipinski definition) is 1. The summed E-state index contributed by atoms with van der Waals surface area (Å²) in [5, 5.41) is 0.686. The van der Waals surface area contributed by atoms with Gasteiger partial charge in [0, 0.05) is 17.8 Å². The molecule has 15 heavy (non-hydrogen) atoms. The zero-order valence-electron chi connectivity index (χ0n) is 7.96. The van der Waals surface area contributed by atoms with E-state index in [4.69, 9.17) is 0 Å². The summed E-state index contributed by atoms with van der Waals surface area (Å²) in [7, 11) is 0. The fourth-order valence-corrected chi connectivity index (χ4v) is 2.29. The lowest BCUT2D eigenvalue weighted by molar-refractivity contribution is 1.04. The van der Waals surface area contributed by atoms with Gasteiger partial charge in [0.15, 0.2) is 0 Å². The molecule has 0 radical (unpaired) electrons. The topological polar surface area (TPSA) is 45.8 Å². The largest absolute Gasteiger partial charge is 0.327 e. The van der Waals surface area contributed by atoms with Gasteiger partial charge in [-0.05, 0) is 47.6 Å². The Morgan fingerprint density at radius 1 is 1.40 bits per heavy atom. The zero-order valence-corrected chi connectivity index (χ0v) is 10.1. The number of fused-ring (bicyclic) bond motifs is 1. The maximum Gasteiger partial charge on any atom is 0.257 e. The predicted octanol–water partition coefficient (Wildman–Crippen LogP) is 2.41. The highest BCUT2D eigenvalue weighted by Gasteiger charge is 2.25. The summed E-state index contributed by atoms with van der Waals surface area (Å²) >= 11 is 2.20. The van der Waals surface area contributed by atoms with Crippen molar-refractivity contribution in [3.63, 3.8) is 0 Å². The van der Waals surface area contributed by atoms with Crippen molar-refractivity contribution in [1.82, 2.24) is 9.97 Å². The number of rotatable bonds is 1.